The third-order valence-electron chi connectivity index (χ3n) is 4.93. The monoisotopic (exact) mass is 355 g/mol. The van der Waals surface area contributed by atoms with Crippen LogP contribution in [0.1, 0.15) is 18.4 Å². The molecule has 4 aromatic rings. The number of fused-ring (bicyclic) bond motifs is 3. The van der Waals surface area contributed by atoms with Gasteiger partial charge in [-0.05, 0) is 58.1 Å². The Balaban J connectivity index is 1.32. The van der Waals surface area contributed by atoms with Crippen LogP contribution in [0, 0.1) is 0 Å². The van der Waals surface area contributed by atoms with Crippen molar-refractivity contribution < 1.29 is 4.74 Å². The van der Waals surface area contributed by atoms with Gasteiger partial charge in [-0.3, -0.25) is 0 Å². The van der Waals surface area contributed by atoms with E-state index in [1.807, 2.05) is 6.07 Å². The van der Waals surface area contributed by atoms with Crippen molar-refractivity contribution in [3.05, 3.63) is 90.5 Å². The van der Waals surface area contributed by atoms with E-state index in [0.717, 1.165) is 26.0 Å². The number of benzene rings is 4. The average Bonchev–Trinajstić information content (AvgIpc) is 2.74. The number of para-hydroxylation sites is 1. The molecule has 0 spiro atoms. The highest BCUT2D eigenvalue weighted by atomic mass is 16.5. The van der Waals surface area contributed by atoms with Gasteiger partial charge in [-0.25, -0.2) is 0 Å². The molecule has 1 N–H and O–H groups in total. The number of hydrogen-bond donors (Lipinski definition) is 1. The van der Waals surface area contributed by atoms with Gasteiger partial charge in [0.05, 0.1) is 6.61 Å². The van der Waals surface area contributed by atoms with E-state index in [1.54, 1.807) is 0 Å². The highest BCUT2D eigenvalue weighted by Crippen LogP contribution is 2.29. The zero-order valence-corrected chi connectivity index (χ0v) is 15.5. The largest absolute Gasteiger partial charge is 0.385 e. The van der Waals surface area contributed by atoms with Crippen LogP contribution < -0.4 is 5.32 Å². The Kier molecular flexibility index (Phi) is 5.66. The molecule has 4 rings (SSSR count). The molecule has 0 atom stereocenters. The van der Waals surface area contributed by atoms with Gasteiger partial charge in [-0.1, -0.05) is 66.7 Å². The molecule has 0 amide bonds. The van der Waals surface area contributed by atoms with Crippen molar-refractivity contribution in [3.8, 4) is 0 Å². The fourth-order valence-corrected chi connectivity index (χ4v) is 3.55. The van der Waals surface area contributed by atoms with Crippen LogP contribution in [0.2, 0.25) is 0 Å². The summed E-state index contributed by atoms with van der Waals surface area (Å²) in [5.41, 5.74) is 2.45. The van der Waals surface area contributed by atoms with E-state index >= 15 is 0 Å². The molecule has 0 aromatic heterocycles. The molecule has 0 bridgehead atoms. The molecule has 0 radical (unpaired) electrons. The third kappa shape index (κ3) is 4.29. The van der Waals surface area contributed by atoms with Crippen molar-refractivity contribution in [1.82, 2.24) is 0 Å². The molecule has 2 heteroatoms. The topological polar surface area (TPSA) is 21.3 Å². The zero-order chi connectivity index (χ0) is 18.3. The van der Waals surface area contributed by atoms with Crippen LogP contribution in [0.5, 0.6) is 0 Å². The lowest BCUT2D eigenvalue weighted by Gasteiger charge is -2.11. The Morgan fingerprint density at radius 2 is 1.37 bits per heavy atom. The summed E-state index contributed by atoms with van der Waals surface area (Å²) in [5.74, 6) is 0. The molecular weight excluding hydrogens is 330 g/mol. The minimum Gasteiger partial charge on any atom is -0.385 e. The van der Waals surface area contributed by atoms with Gasteiger partial charge in [0, 0.05) is 18.8 Å². The summed E-state index contributed by atoms with van der Waals surface area (Å²) in [5, 5.41) is 8.63. The Labute approximate surface area is 160 Å². The minimum atomic E-state index is 0.664. The maximum absolute atomic E-state index is 6.00. The van der Waals surface area contributed by atoms with Crippen molar-refractivity contribution in [1.29, 1.82) is 0 Å². The number of anilines is 1. The van der Waals surface area contributed by atoms with Crippen LogP contribution in [0.25, 0.3) is 21.5 Å². The maximum Gasteiger partial charge on any atom is 0.0723 e. The quantitative estimate of drug-likeness (QED) is 0.291. The van der Waals surface area contributed by atoms with Gasteiger partial charge in [0.1, 0.15) is 0 Å². The number of ether oxygens (including phenoxy) is 1. The molecule has 136 valence electrons. The first-order chi connectivity index (χ1) is 13.4. The highest BCUT2D eigenvalue weighted by molar-refractivity contribution is 6.08. The number of unbranched alkanes of at least 4 members (excludes halogenated alkanes) is 1. The molecule has 0 aliphatic carbocycles. The number of hydrogen-bond acceptors (Lipinski definition) is 2. The SMILES string of the molecule is c1ccc(NCCCCOCc2cc3ccccc3c3ccccc23)cc1. The van der Waals surface area contributed by atoms with E-state index in [1.165, 1.54) is 32.8 Å². The molecule has 0 aliphatic heterocycles. The number of rotatable bonds is 8. The molecule has 0 fully saturated rings. The third-order valence-corrected chi connectivity index (χ3v) is 4.93. The predicted octanol–water partition coefficient (Wildman–Crippen LogP) is 6.40. The van der Waals surface area contributed by atoms with E-state index in [9.17, 15) is 0 Å². The predicted molar refractivity (Wildman–Crippen MR) is 115 cm³/mol. The molecule has 27 heavy (non-hydrogen) atoms. The maximum atomic E-state index is 6.00. The molecule has 0 aliphatic rings. The fraction of sp³-hybridized carbons (Fsp3) is 0.200. The normalized spacial score (nSPS) is 11.1. The minimum absolute atomic E-state index is 0.664. The summed E-state index contributed by atoms with van der Waals surface area (Å²) in [7, 11) is 0. The molecule has 2 nitrogen and oxygen atoms in total. The van der Waals surface area contributed by atoms with E-state index in [0.29, 0.717) is 6.61 Å². The lowest BCUT2D eigenvalue weighted by molar-refractivity contribution is 0.118. The van der Waals surface area contributed by atoms with Crippen molar-refractivity contribution >= 4 is 27.2 Å². The highest BCUT2D eigenvalue weighted by Gasteiger charge is 2.06. The van der Waals surface area contributed by atoms with Crippen molar-refractivity contribution in [2.75, 3.05) is 18.5 Å². The molecule has 0 heterocycles. The second kappa shape index (κ2) is 8.70. The summed E-state index contributed by atoms with van der Waals surface area (Å²) in [6.07, 6.45) is 2.17. The van der Waals surface area contributed by atoms with Gasteiger partial charge in [0.25, 0.3) is 0 Å². The Morgan fingerprint density at radius 3 is 2.22 bits per heavy atom. The zero-order valence-electron chi connectivity index (χ0n) is 15.5. The van der Waals surface area contributed by atoms with Crippen molar-refractivity contribution in [2.45, 2.75) is 19.4 Å². The van der Waals surface area contributed by atoms with E-state index in [2.05, 4.69) is 84.2 Å². The summed E-state index contributed by atoms with van der Waals surface area (Å²) in [6.45, 7) is 2.43. The van der Waals surface area contributed by atoms with Crippen molar-refractivity contribution in [2.24, 2.45) is 0 Å². The molecule has 0 unspecified atom stereocenters. The first-order valence-electron chi connectivity index (χ1n) is 9.68. The molecular formula is C25H25NO. The van der Waals surface area contributed by atoms with Crippen LogP contribution in [0.15, 0.2) is 84.9 Å². The van der Waals surface area contributed by atoms with E-state index in [4.69, 9.17) is 4.74 Å². The average molecular weight is 355 g/mol. The Bertz CT molecular complexity index is 1010. The van der Waals surface area contributed by atoms with Gasteiger partial charge < -0.3 is 10.1 Å². The van der Waals surface area contributed by atoms with Gasteiger partial charge in [-0.2, -0.15) is 0 Å². The summed E-state index contributed by atoms with van der Waals surface area (Å²) in [6, 6.07) is 29.8. The molecule has 0 saturated heterocycles. The van der Waals surface area contributed by atoms with Gasteiger partial charge in [0.2, 0.25) is 0 Å². The second-order valence-corrected chi connectivity index (χ2v) is 6.85. The van der Waals surface area contributed by atoms with Gasteiger partial charge >= 0.3 is 0 Å². The Hall–Kier alpha value is -2.84. The lowest BCUT2D eigenvalue weighted by Crippen LogP contribution is -2.03. The second-order valence-electron chi connectivity index (χ2n) is 6.85. The summed E-state index contributed by atoms with van der Waals surface area (Å²) < 4.78 is 6.00. The van der Waals surface area contributed by atoms with Gasteiger partial charge in [-0.15, -0.1) is 0 Å². The van der Waals surface area contributed by atoms with Crippen LogP contribution in [0.4, 0.5) is 5.69 Å². The lowest BCUT2D eigenvalue weighted by atomic mass is 9.98. The smallest absolute Gasteiger partial charge is 0.0723 e. The van der Waals surface area contributed by atoms with Crippen LogP contribution in [-0.2, 0) is 11.3 Å². The summed E-state index contributed by atoms with van der Waals surface area (Å²) >= 11 is 0. The molecule has 4 aromatic carbocycles. The number of nitrogens with one attached hydrogen (secondary N) is 1. The fourth-order valence-electron chi connectivity index (χ4n) is 3.55. The van der Waals surface area contributed by atoms with Crippen LogP contribution in [0.3, 0.4) is 0 Å². The standard InChI is InChI=1S/C25H25NO/c1-2-11-22(12-3-1)26-16-8-9-17-27-19-21-18-20-10-4-5-13-23(20)25-15-7-6-14-24(21)25/h1-7,10-15,18,26H,8-9,16-17,19H2. The van der Waals surface area contributed by atoms with Crippen molar-refractivity contribution in [3.63, 3.8) is 0 Å². The molecule has 0 saturated carbocycles. The first kappa shape index (κ1) is 17.6. The van der Waals surface area contributed by atoms with Crippen LogP contribution >= 0.6 is 0 Å². The van der Waals surface area contributed by atoms with Crippen LogP contribution in [-0.4, -0.2) is 13.2 Å². The van der Waals surface area contributed by atoms with Gasteiger partial charge in [0.15, 0.2) is 0 Å². The van der Waals surface area contributed by atoms with E-state index in [-0.39, 0.29) is 0 Å². The summed E-state index contributed by atoms with van der Waals surface area (Å²) in [4.78, 5) is 0. The first-order valence-corrected chi connectivity index (χ1v) is 9.68. The van der Waals surface area contributed by atoms with E-state index < -0.39 is 0 Å². The Morgan fingerprint density at radius 1 is 0.667 bits per heavy atom.